The van der Waals surface area contributed by atoms with Gasteiger partial charge in [-0.25, -0.2) is 0 Å². The first-order chi connectivity index (χ1) is 7.58. The van der Waals surface area contributed by atoms with Crippen LogP contribution in [0.3, 0.4) is 0 Å². The van der Waals surface area contributed by atoms with E-state index in [4.69, 9.17) is 0 Å². The van der Waals surface area contributed by atoms with E-state index >= 15 is 0 Å². The van der Waals surface area contributed by atoms with Gasteiger partial charge in [-0.15, -0.1) is 0 Å². The summed E-state index contributed by atoms with van der Waals surface area (Å²) in [6.45, 7) is 9.40. The molecule has 2 atom stereocenters. The number of hydrogen-bond acceptors (Lipinski definition) is 0. The van der Waals surface area contributed by atoms with Gasteiger partial charge in [0.15, 0.2) is 0 Å². The van der Waals surface area contributed by atoms with E-state index in [-0.39, 0.29) is 0 Å². The maximum atomic E-state index is 2.39. The summed E-state index contributed by atoms with van der Waals surface area (Å²) in [5.41, 5.74) is 1.48. The largest absolute Gasteiger partial charge is 0.0628 e. The lowest BCUT2D eigenvalue weighted by Crippen LogP contribution is -2.08. The average Bonchev–Trinajstić information content (AvgIpc) is 2.17. The molecule has 16 heavy (non-hydrogen) atoms. The van der Waals surface area contributed by atoms with Crippen LogP contribution >= 0.6 is 0 Å². The molecule has 0 aromatic heterocycles. The molecule has 90 valence electrons. The van der Waals surface area contributed by atoms with E-state index in [1.54, 1.807) is 0 Å². The van der Waals surface area contributed by atoms with Crippen LogP contribution in [0.1, 0.15) is 46.1 Å². The summed E-state index contributed by atoms with van der Waals surface area (Å²) in [7, 11) is 0. The van der Waals surface area contributed by atoms with Gasteiger partial charge in [-0.2, -0.15) is 0 Å². The molecule has 0 amide bonds. The highest BCUT2D eigenvalue weighted by molar-refractivity contribution is 5.15. The summed E-state index contributed by atoms with van der Waals surface area (Å²) in [6.07, 6.45) is 3.94. The van der Waals surface area contributed by atoms with Crippen LogP contribution in [-0.2, 0) is 6.42 Å². The van der Waals surface area contributed by atoms with Crippen molar-refractivity contribution >= 4 is 0 Å². The van der Waals surface area contributed by atoms with Crippen LogP contribution in [0.2, 0.25) is 0 Å². The summed E-state index contributed by atoms with van der Waals surface area (Å²) in [5, 5.41) is 0. The highest BCUT2D eigenvalue weighted by Gasteiger charge is 2.10. The van der Waals surface area contributed by atoms with Gasteiger partial charge < -0.3 is 0 Å². The Kier molecular flexibility index (Phi) is 5.59. The smallest absolute Gasteiger partial charge is 0.0253 e. The molecule has 0 aliphatic rings. The Labute approximate surface area is 101 Å². The van der Waals surface area contributed by atoms with Gasteiger partial charge in [-0.1, -0.05) is 58.0 Å². The van der Waals surface area contributed by atoms with Crippen molar-refractivity contribution in [2.24, 2.45) is 17.8 Å². The van der Waals surface area contributed by atoms with E-state index in [9.17, 15) is 0 Å². The van der Waals surface area contributed by atoms with Gasteiger partial charge in [-0.3, -0.25) is 0 Å². The summed E-state index contributed by atoms with van der Waals surface area (Å²) in [6, 6.07) is 10.8. The molecule has 0 heterocycles. The van der Waals surface area contributed by atoms with Crippen molar-refractivity contribution in [1.82, 2.24) is 0 Å². The molecular weight excluding hydrogens is 192 g/mol. The molecule has 0 bridgehead atoms. The van der Waals surface area contributed by atoms with Gasteiger partial charge in [0.1, 0.15) is 0 Å². The van der Waals surface area contributed by atoms with Crippen LogP contribution in [-0.4, -0.2) is 0 Å². The van der Waals surface area contributed by atoms with Crippen LogP contribution in [0, 0.1) is 17.8 Å². The van der Waals surface area contributed by atoms with E-state index in [1.807, 2.05) is 0 Å². The zero-order chi connectivity index (χ0) is 12.0. The number of rotatable bonds is 6. The lowest BCUT2D eigenvalue weighted by atomic mass is 9.87. The Morgan fingerprint density at radius 2 is 1.44 bits per heavy atom. The van der Waals surface area contributed by atoms with Crippen LogP contribution in [0.4, 0.5) is 0 Å². The topological polar surface area (TPSA) is 0 Å². The molecule has 0 heteroatoms. The number of benzene rings is 1. The molecule has 1 rings (SSSR count). The normalized spacial score (nSPS) is 15.1. The van der Waals surface area contributed by atoms with Crippen molar-refractivity contribution in [2.75, 3.05) is 0 Å². The van der Waals surface area contributed by atoms with Crippen LogP contribution in [0.25, 0.3) is 0 Å². The zero-order valence-electron chi connectivity index (χ0n) is 11.2. The summed E-state index contributed by atoms with van der Waals surface area (Å²) in [5.74, 6) is 2.49. The third-order valence-electron chi connectivity index (χ3n) is 3.11. The quantitative estimate of drug-likeness (QED) is 0.634. The molecule has 0 radical (unpaired) electrons. The van der Waals surface area contributed by atoms with E-state index in [2.05, 4.69) is 58.0 Å². The Morgan fingerprint density at radius 1 is 0.812 bits per heavy atom. The third kappa shape index (κ3) is 5.34. The van der Waals surface area contributed by atoms with Crippen molar-refractivity contribution in [3.8, 4) is 0 Å². The van der Waals surface area contributed by atoms with Gasteiger partial charge in [0, 0.05) is 0 Å². The molecule has 0 fully saturated rings. The van der Waals surface area contributed by atoms with Crippen molar-refractivity contribution < 1.29 is 0 Å². The monoisotopic (exact) mass is 218 g/mol. The molecule has 1 aromatic rings. The molecule has 0 nitrogen and oxygen atoms in total. The van der Waals surface area contributed by atoms with E-state index in [0.29, 0.717) is 0 Å². The van der Waals surface area contributed by atoms with Crippen molar-refractivity contribution in [3.05, 3.63) is 35.9 Å². The second-order valence-corrected chi connectivity index (χ2v) is 5.77. The molecule has 0 spiro atoms. The first kappa shape index (κ1) is 13.3. The fourth-order valence-electron chi connectivity index (χ4n) is 2.69. The molecule has 0 aliphatic heterocycles. The van der Waals surface area contributed by atoms with Crippen molar-refractivity contribution in [3.63, 3.8) is 0 Å². The first-order valence-corrected chi connectivity index (χ1v) is 6.61. The van der Waals surface area contributed by atoms with Gasteiger partial charge >= 0.3 is 0 Å². The minimum absolute atomic E-state index is 0.802. The van der Waals surface area contributed by atoms with Crippen LogP contribution in [0.5, 0.6) is 0 Å². The first-order valence-electron chi connectivity index (χ1n) is 6.61. The highest BCUT2D eigenvalue weighted by atomic mass is 14.2. The predicted molar refractivity (Wildman–Crippen MR) is 72.5 cm³/mol. The predicted octanol–water partition coefficient (Wildman–Crippen LogP) is 4.94. The summed E-state index contributed by atoms with van der Waals surface area (Å²) < 4.78 is 0. The maximum absolute atomic E-state index is 2.39. The van der Waals surface area contributed by atoms with Crippen LogP contribution in [0.15, 0.2) is 30.3 Å². The van der Waals surface area contributed by atoms with Crippen molar-refractivity contribution in [1.29, 1.82) is 0 Å². The second kappa shape index (κ2) is 6.73. The average molecular weight is 218 g/mol. The molecular formula is C16H26. The Morgan fingerprint density at radius 3 is 2.00 bits per heavy atom. The van der Waals surface area contributed by atoms with E-state index < -0.39 is 0 Å². The third-order valence-corrected chi connectivity index (χ3v) is 3.11. The minimum atomic E-state index is 0.802. The summed E-state index contributed by atoms with van der Waals surface area (Å²) >= 11 is 0. The number of hydrogen-bond donors (Lipinski definition) is 0. The molecule has 0 saturated heterocycles. The van der Waals surface area contributed by atoms with Gasteiger partial charge in [0.05, 0.1) is 0 Å². The Balaban J connectivity index is 2.33. The maximum Gasteiger partial charge on any atom is -0.0253 e. The molecule has 1 aromatic carbocycles. The Bertz CT molecular complexity index is 273. The Hall–Kier alpha value is -0.780. The fraction of sp³-hybridized carbons (Fsp3) is 0.625. The molecule has 0 N–H and O–H groups in total. The second-order valence-electron chi connectivity index (χ2n) is 5.77. The van der Waals surface area contributed by atoms with Crippen molar-refractivity contribution in [2.45, 2.75) is 47.0 Å². The standard InChI is InChI=1S/C16H26/c1-13(2)10-14(3)11-15(4)12-16-8-6-5-7-9-16/h5-9,13-15H,10-12H2,1-4H3/t14-,15-/m0/s1. The minimum Gasteiger partial charge on any atom is -0.0628 e. The fourth-order valence-corrected chi connectivity index (χ4v) is 2.69. The lowest BCUT2D eigenvalue weighted by Gasteiger charge is -2.18. The lowest BCUT2D eigenvalue weighted by molar-refractivity contribution is 0.354. The molecule has 0 aliphatic carbocycles. The molecule has 0 saturated carbocycles. The van der Waals surface area contributed by atoms with E-state index in [1.165, 1.54) is 24.8 Å². The van der Waals surface area contributed by atoms with Crippen LogP contribution < -0.4 is 0 Å². The molecule has 0 unspecified atom stereocenters. The highest BCUT2D eigenvalue weighted by Crippen LogP contribution is 2.21. The van der Waals surface area contributed by atoms with Gasteiger partial charge in [0.25, 0.3) is 0 Å². The van der Waals surface area contributed by atoms with Gasteiger partial charge in [0.2, 0.25) is 0 Å². The van der Waals surface area contributed by atoms with Gasteiger partial charge in [-0.05, 0) is 42.6 Å². The zero-order valence-corrected chi connectivity index (χ0v) is 11.2. The van der Waals surface area contributed by atoms with E-state index in [0.717, 1.165) is 17.8 Å². The summed E-state index contributed by atoms with van der Waals surface area (Å²) in [4.78, 5) is 0. The SMILES string of the molecule is CC(C)C[C@H](C)C[C@H](C)Cc1ccccc1.